The number of urea groups is 1. The zero-order chi connectivity index (χ0) is 21.6. The molecular weight excluding hydrogens is 403 g/mol. The number of pyridine rings is 1. The van der Waals surface area contributed by atoms with Crippen molar-refractivity contribution in [1.29, 1.82) is 0 Å². The average Bonchev–Trinajstić information content (AvgIpc) is 3.27. The molecule has 4 rings (SSSR count). The van der Waals surface area contributed by atoms with Crippen LogP contribution >= 0.6 is 0 Å². The standard InChI is InChI=1S/C19H20F3N5O3/c1-10(19(20,21)22)7-15(28)13-3-4-14-17(24-13)27(12-5-6-26(14)8-12)18(29)25-16-9-30-11(2)23-16/h3-4,9-10,12H,5-8H2,1-2H3,(H,25,29)/t10-,12-/m0/s1. The van der Waals surface area contributed by atoms with Gasteiger partial charge in [0.1, 0.15) is 12.0 Å². The fourth-order valence-electron chi connectivity index (χ4n) is 3.72. The van der Waals surface area contributed by atoms with E-state index in [2.05, 4.69) is 15.3 Å². The highest BCUT2D eigenvalue weighted by Crippen LogP contribution is 2.39. The van der Waals surface area contributed by atoms with Gasteiger partial charge in [-0.25, -0.2) is 9.78 Å². The van der Waals surface area contributed by atoms with Gasteiger partial charge in [0.25, 0.3) is 0 Å². The molecule has 4 heterocycles. The molecule has 2 aliphatic heterocycles. The van der Waals surface area contributed by atoms with Gasteiger partial charge in [-0.1, -0.05) is 6.92 Å². The monoisotopic (exact) mass is 423 g/mol. The molecule has 0 unspecified atom stereocenters. The molecule has 2 aliphatic rings. The van der Waals surface area contributed by atoms with Crippen LogP contribution in [0.15, 0.2) is 22.8 Å². The second-order valence-electron chi connectivity index (χ2n) is 7.55. The molecule has 0 aliphatic carbocycles. The van der Waals surface area contributed by atoms with E-state index in [0.29, 0.717) is 31.1 Å². The minimum absolute atomic E-state index is 0.0950. The number of anilines is 3. The Labute approximate surface area is 170 Å². The maximum Gasteiger partial charge on any atom is 0.391 e. The summed E-state index contributed by atoms with van der Waals surface area (Å²) in [5, 5.41) is 2.65. The Balaban J connectivity index is 1.62. The summed E-state index contributed by atoms with van der Waals surface area (Å²) in [6, 6.07) is 2.39. The Bertz CT molecular complexity index is 990. The summed E-state index contributed by atoms with van der Waals surface area (Å²) in [5.74, 6) is -1.61. The number of fused-ring (bicyclic) bond motifs is 4. The third-order valence-electron chi connectivity index (χ3n) is 5.36. The molecule has 2 bridgehead atoms. The molecule has 2 atom stereocenters. The van der Waals surface area contributed by atoms with Crippen molar-refractivity contribution in [2.24, 2.45) is 5.92 Å². The van der Waals surface area contributed by atoms with Crippen LogP contribution in [-0.4, -0.2) is 47.1 Å². The fourth-order valence-corrected chi connectivity index (χ4v) is 3.72. The molecule has 1 fully saturated rings. The first kappa shape index (κ1) is 20.2. The highest BCUT2D eigenvalue weighted by Gasteiger charge is 2.41. The number of nitrogens with one attached hydrogen (secondary N) is 1. The molecule has 1 saturated heterocycles. The zero-order valence-electron chi connectivity index (χ0n) is 16.4. The van der Waals surface area contributed by atoms with E-state index in [0.717, 1.165) is 6.92 Å². The van der Waals surface area contributed by atoms with Crippen molar-refractivity contribution in [3.8, 4) is 0 Å². The van der Waals surface area contributed by atoms with Crippen molar-refractivity contribution in [1.82, 2.24) is 9.97 Å². The van der Waals surface area contributed by atoms with Gasteiger partial charge in [0, 0.05) is 26.4 Å². The van der Waals surface area contributed by atoms with Crippen LogP contribution in [-0.2, 0) is 0 Å². The van der Waals surface area contributed by atoms with Crippen molar-refractivity contribution in [3.63, 3.8) is 0 Å². The van der Waals surface area contributed by atoms with Crippen molar-refractivity contribution in [3.05, 3.63) is 30.0 Å². The highest BCUT2D eigenvalue weighted by molar-refractivity contribution is 6.05. The summed E-state index contributed by atoms with van der Waals surface area (Å²) in [6.07, 6.45) is -3.15. The quantitative estimate of drug-likeness (QED) is 0.753. The molecule has 160 valence electrons. The molecule has 0 spiro atoms. The lowest BCUT2D eigenvalue weighted by Crippen LogP contribution is -2.48. The third kappa shape index (κ3) is 3.71. The number of Topliss-reactive ketones (excluding diaryl/α,β-unsaturated/α-hetero) is 1. The van der Waals surface area contributed by atoms with Crippen molar-refractivity contribution < 1.29 is 27.2 Å². The molecule has 2 aromatic rings. The highest BCUT2D eigenvalue weighted by atomic mass is 19.4. The number of aryl methyl sites for hydroxylation is 1. The first-order chi connectivity index (χ1) is 14.1. The van der Waals surface area contributed by atoms with Gasteiger partial charge in [0.05, 0.1) is 17.6 Å². The summed E-state index contributed by atoms with van der Waals surface area (Å²) >= 11 is 0. The third-order valence-corrected chi connectivity index (χ3v) is 5.36. The number of carbonyl (C=O) groups excluding carboxylic acids is 2. The summed E-state index contributed by atoms with van der Waals surface area (Å²) in [6.45, 7) is 3.92. The van der Waals surface area contributed by atoms with E-state index in [-0.39, 0.29) is 23.4 Å². The molecular formula is C19H20F3N5O3. The minimum Gasteiger partial charge on any atom is -0.447 e. The Morgan fingerprint density at radius 1 is 1.33 bits per heavy atom. The van der Waals surface area contributed by atoms with Gasteiger partial charge < -0.3 is 9.32 Å². The van der Waals surface area contributed by atoms with Crippen LogP contribution in [0.25, 0.3) is 0 Å². The number of halogens is 3. The van der Waals surface area contributed by atoms with Crippen molar-refractivity contribution in [2.75, 3.05) is 28.2 Å². The molecule has 0 radical (unpaired) electrons. The van der Waals surface area contributed by atoms with E-state index in [1.54, 1.807) is 13.0 Å². The molecule has 30 heavy (non-hydrogen) atoms. The van der Waals surface area contributed by atoms with Crippen LogP contribution in [0.2, 0.25) is 0 Å². The van der Waals surface area contributed by atoms with Crippen LogP contribution in [0, 0.1) is 12.8 Å². The average molecular weight is 423 g/mol. The second-order valence-corrected chi connectivity index (χ2v) is 7.55. The molecule has 11 heteroatoms. The minimum atomic E-state index is -4.46. The van der Waals surface area contributed by atoms with E-state index >= 15 is 0 Å². The smallest absolute Gasteiger partial charge is 0.391 e. The van der Waals surface area contributed by atoms with Gasteiger partial charge in [-0.2, -0.15) is 18.2 Å². The van der Waals surface area contributed by atoms with Crippen molar-refractivity contribution >= 4 is 29.1 Å². The summed E-state index contributed by atoms with van der Waals surface area (Å²) in [5.41, 5.74) is 0.568. The van der Waals surface area contributed by atoms with E-state index in [1.807, 2.05) is 4.90 Å². The molecule has 0 saturated carbocycles. The lowest BCUT2D eigenvalue weighted by atomic mass is 10.0. The molecule has 0 aromatic carbocycles. The summed E-state index contributed by atoms with van der Waals surface area (Å²) < 4.78 is 43.6. The Morgan fingerprint density at radius 2 is 2.10 bits per heavy atom. The number of alkyl halides is 3. The second kappa shape index (κ2) is 7.29. The first-order valence-corrected chi connectivity index (χ1v) is 9.51. The summed E-state index contributed by atoms with van der Waals surface area (Å²) in [7, 11) is 0. The van der Waals surface area contributed by atoms with Crippen LogP contribution in [0.4, 0.5) is 35.3 Å². The topological polar surface area (TPSA) is 91.6 Å². The van der Waals surface area contributed by atoms with Crippen LogP contribution < -0.4 is 15.1 Å². The number of amides is 2. The molecule has 2 aromatic heterocycles. The molecule has 1 N–H and O–H groups in total. The van der Waals surface area contributed by atoms with Crippen LogP contribution in [0.5, 0.6) is 0 Å². The number of carbonyl (C=O) groups is 2. The Hall–Kier alpha value is -3.11. The Morgan fingerprint density at radius 3 is 2.77 bits per heavy atom. The van der Waals surface area contributed by atoms with Gasteiger partial charge in [0.2, 0.25) is 0 Å². The van der Waals surface area contributed by atoms with E-state index < -0.39 is 30.3 Å². The molecule has 8 nitrogen and oxygen atoms in total. The normalized spacial score (nSPS) is 18.9. The fraction of sp³-hybridized carbons (Fsp3) is 0.474. The predicted octanol–water partition coefficient (Wildman–Crippen LogP) is 3.78. The molecule has 2 amide bonds. The lowest BCUT2D eigenvalue weighted by Gasteiger charge is -2.35. The predicted molar refractivity (Wildman–Crippen MR) is 102 cm³/mol. The van der Waals surface area contributed by atoms with Gasteiger partial charge in [0.15, 0.2) is 23.3 Å². The maximum atomic E-state index is 13.0. The van der Waals surface area contributed by atoms with E-state index in [4.69, 9.17) is 4.42 Å². The zero-order valence-corrected chi connectivity index (χ0v) is 16.4. The van der Waals surface area contributed by atoms with Crippen LogP contribution in [0.1, 0.15) is 36.1 Å². The number of aromatic nitrogens is 2. The number of nitrogens with zero attached hydrogens (tertiary/aromatic N) is 4. The van der Waals surface area contributed by atoms with Gasteiger partial charge in [-0.3, -0.25) is 15.0 Å². The van der Waals surface area contributed by atoms with Gasteiger partial charge >= 0.3 is 12.2 Å². The summed E-state index contributed by atoms with van der Waals surface area (Å²) in [4.78, 5) is 37.2. The number of rotatable bonds is 4. The van der Waals surface area contributed by atoms with Crippen molar-refractivity contribution in [2.45, 2.75) is 38.9 Å². The lowest BCUT2D eigenvalue weighted by molar-refractivity contribution is -0.168. The number of ketones is 1. The number of hydrogen-bond acceptors (Lipinski definition) is 6. The Kier molecular flexibility index (Phi) is 4.91. The first-order valence-electron chi connectivity index (χ1n) is 9.51. The van der Waals surface area contributed by atoms with Gasteiger partial charge in [-0.15, -0.1) is 0 Å². The maximum absolute atomic E-state index is 13.0. The number of oxazole rings is 1. The van der Waals surface area contributed by atoms with E-state index in [1.165, 1.54) is 17.2 Å². The van der Waals surface area contributed by atoms with Crippen LogP contribution in [0.3, 0.4) is 0 Å². The van der Waals surface area contributed by atoms with Gasteiger partial charge in [-0.05, 0) is 18.6 Å². The van der Waals surface area contributed by atoms with E-state index in [9.17, 15) is 22.8 Å². The largest absolute Gasteiger partial charge is 0.447 e. The number of hydrogen-bond donors (Lipinski definition) is 1. The SMILES string of the molecule is Cc1nc(NC(=O)N2c3nc(C(=O)C[C@H](C)C(F)(F)F)ccc3N3CC[C@H]2C3)co1.